The van der Waals surface area contributed by atoms with Crippen LogP contribution in [0, 0.1) is 10.1 Å². The van der Waals surface area contributed by atoms with Crippen molar-refractivity contribution < 1.29 is 22.9 Å². The van der Waals surface area contributed by atoms with Gasteiger partial charge in [-0.25, -0.2) is 8.42 Å². The second-order valence-corrected chi connectivity index (χ2v) is 10.8. The molecule has 0 saturated heterocycles. The predicted molar refractivity (Wildman–Crippen MR) is 137 cm³/mol. The number of nitrogens with one attached hydrogen (secondary N) is 1. The summed E-state index contributed by atoms with van der Waals surface area (Å²) in [7, 11) is -3.97. The van der Waals surface area contributed by atoms with Crippen molar-refractivity contribution in [2.75, 3.05) is 23.7 Å². The van der Waals surface area contributed by atoms with Gasteiger partial charge in [-0.3, -0.25) is 24.0 Å². The number of benzene rings is 2. The molecule has 0 aromatic heterocycles. The lowest BCUT2D eigenvalue weighted by molar-refractivity contribution is -0.384. The summed E-state index contributed by atoms with van der Waals surface area (Å²) >= 11 is 3.36. The number of hydrogen-bond acceptors (Lipinski definition) is 6. The van der Waals surface area contributed by atoms with Crippen LogP contribution in [-0.4, -0.2) is 55.4 Å². The maximum Gasteiger partial charge on any atom is 0.271 e. The quantitative estimate of drug-likeness (QED) is 0.237. The number of anilines is 1. The Morgan fingerprint density at radius 1 is 1.17 bits per heavy atom. The minimum Gasteiger partial charge on any atom is -0.354 e. The van der Waals surface area contributed by atoms with E-state index in [0.717, 1.165) is 39.5 Å². The summed E-state index contributed by atoms with van der Waals surface area (Å²) in [4.78, 5) is 38.0. The van der Waals surface area contributed by atoms with Crippen molar-refractivity contribution in [3.05, 3.63) is 68.7 Å². The lowest BCUT2D eigenvalue weighted by atomic mass is 10.1. The Labute approximate surface area is 213 Å². The number of sulfonamides is 1. The Kier molecular flexibility index (Phi) is 10.2. The van der Waals surface area contributed by atoms with Crippen molar-refractivity contribution in [2.24, 2.45) is 0 Å². The predicted octanol–water partition coefficient (Wildman–Crippen LogP) is 3.46. The molecule has 10 nitrogen and oxygen atoms in total. The van der Waals surface area contributed by atoms with Gasteiger partial charge in [-0.15, -0.1) is 0 Å². The molecule has 1 atom stereocenters. The highest BCUT2D eigenvalue weighted by Crippen LogP contribution is 2.24. The van der Waals surface area contributed by atoms with E-state index in [1.54, 1.807) is 31.2 Å². The fraction of sp³-hybridized carbons (Fsp3) is 0.391. The number of nitro groups is 1. The summed E-state index contributed by atoms with van der Waals surface area (Å²) in [6.45, 7) is 3.48. The van der Waals surface area contributed by atoms with E-state index in [-0.39, 0.29) is 23.8 Å². The van der Waals surface area contributed by atoms with Gasteiger partial charge in [0.15, 0.2) is 0 Å². The number of nitro benzene ring substituents is 1. The molecule has 2 rings (SSSR count). The number of hydrogen-bond donors (Lipinski definition) is 1. The van der Waals surface area contributed by atoms with Crippen molar-refractivity contribution in [3.63, 3.8) is 0 Å². The highest BCUT2D eigenvalue weighted by molar-refractivity contribution is 9.10. The van der Waals surface area contributed by atoms with Crippen LogP contribution in [0.4, 0.5) is 11.4 Å². The Bertz CT molecular complexity index is 1160. The summed E-state index contributed by atoms with van der Waals surface area (Å²) in [5.74, 6) is -0.979. The van der Waals surface area contributed by atoms with Crippen molar-refractivity contribution in [1.82, 2.24) is 10.2 Å². The lowest BCUT2D eigenvalue weighted by Gasteiger charge is -2.31. The van der Waals surface area contributed by atoms with E-state index in [1.807, 2.05) is 6.92 Å². The van der Waals surface area contributed by atoms with Crippen LogP contribution in [-0.2, 0) is 26.2 Å². The summed E-state index contributed by atoms with van der Waals surface area (Å²) < 4.78 is 26.7. The number of nitrogens with zero attached hydrogens (tertiary/aromatic N) is 3. The summed E-state index contributed by atoms with van der Waals surface area (Å²) in [6.07, 6.45) is 2.59. The molecule has 0 bridgehead atoms. The second-order valence-electron chi connectivity index (χ2n) is 8.02. The SMILES string of the molecule is CCCCNC(=O)[C@H](C)N(Cc1ccc(Br)cc1)C(=O)CN(c1cccc([N+](=O)[O-])c1)S(C)(=O)=O. The molecule has 190 valence electrons. The van der Waals surface area contributed by atoms with Crippen LogP contribution in [0.15, 0.2) is 53.0 Å². The molecule has 2 amide bonds. The van der Waals surface area contributed by atoms with Crippen molar-refractivity contribution in [2.45, 2.75) is 39.3 Å². The molecule has 0 heterocycles. The van der Waals surface area contributed by atoms with Gasteiger partial charge >= 0.3 is 0 Å². The van der Waals surface area contributed by atoms with Gasteiger partial charge in [-0.2, -0.15) is 0 Å². The first kappa shape index (κ1) is 28.2. The minimum atomic E-state index is -3.97. The molecule has 35 heavy (non-hydrogen) atoms. The molecule has 0 spiro atoms. The van der Waals surface area contributed by atoms with Gasteiger partial charge in [0.25, 0.3) is 5.69 Å². The van der Waals surface area contributed by atoms with Crippen LogP contribution in [0.5, 0.6) is 0 Å². The molecule has 0 unspecified atom stereocenters. The van der Waals surface area contributed by atoms with E-state index in [2.05, 4.69) is 21.2 Å². The van der Waals surface area contributed by atoms with Gasteiger partial charge in [0.1, 0.15) is 12.6 Å². The number of unbranched alkanes of at least 4 members (excludes halogenated alkanes) is 1. The number of amides is 2. The molecule has 0 radical (unpaired) electrons. The molecule has 0 aliphatic rings. The molecule has 12 heteroatoms. The van der Waals surface area contributed by atoms with Crippen molar-refractivity contribution >= 4 is 49.1 Å². The molecule has 1 N–H and O–H groups in total. The average molecular weight is 569 g/mol. The van der Waals surface area contributed by atoms with Crippen LogP contribution in [0.3, 0.4) is 0 Å². The number of non-ortho nitro benzene ring substituents is 1. The summed E-state index contributed by atoms with van der Waals surface area (Å²) in [5.41, 5.74) is 0.425. The van der Waals surface area contributed by atoms with Crippen LogP contribution in [0.2, 0.25) is 0 Å². The van der Waals surface area contributed by atoms with Gasteiger partial charge in [0.2, 0.25) is 21.8 Å². The van der Waals surface area contributed by atoms with E-state index in [4.69, 9.17) is 0 Å². The molecule has 2 aromatic rings. The molecule has 0 aliphatic heterocycles. The zero-order valence-corrected chi connectivity index (χ0v) is 22.2. The highest BCUT2D eigenvalue weighted by Gasteiger charge is 2.30. The van der Waals surface area contributed by atoms with E-state index in [1.165, 1.54) is 23.1 Å². The second kappa shape index (κ2) is 12.6. The van der Waals surface area contributed by atoms with Gasteiger partial charge in [-0.05, 0) is 37.1 Å². The maximum absolute atomic E-state index is 13.4. The molecule has 0 aliphatic carbocycles. The highest BCUT2D eigenvalue weighted by atomic mass is 79.9. The van der Waals surface area contributed by atoms with Gasteiger partial charge < -0.3 is 10.2 Å². The lowest BCUT2D eigenvalue weighted by Crippen LogP contribution is -2.51. The number of halogens is 1. The fourth-order valence-corrected chi connectivity index (χ4v) is 4.39. The molecule has 0 saturated carbocycles. The normalized spacial score (nSPS) is 12.0. The Morgan fingerprint density at radius 3 is 2.40 bits per heavy atom. The molecular weight excluding hydrogens is 540 g/mol. The molecule has 2 aromatic carbocycles. The van der Waals surface area contributed by atoms with Gasteiger partial charge in [-0.1, -0.05) is 47.5 Å². The van der Waals surface area contributed by atoms with E-state index in [9.17, 15) is 28.1 Å². The Balaban J connectivity index is 2.38. The van der Waals surface area contributed by atoms with E-state index >= 15 is 0 Å². The maximum atomic E-state index is 13.4. The van der Waals surface area contributed by atoms with Crippen LogP contribution >= 0.6 is 15.9 Å². The van der Waals surface area contributed by atoms with Crippen LogP contribution < -0.4 is 9.62 Å². The molecular formula is C23H29BrN4O6S. The monoisotopic (exact) mass is 568 g/mol. The van der Waals surface area contributed by atoms with E-state index < -0.39 is 33.4 Å². The third-order valence-corrected chi connectivity index (χ3v) is 6.94. The standard InChI is InChI=1S/C23H29BrN4O6S/c1-4-5-13-25-23(30)17(2)26(15-18-9-11-19(24)12-10-18)22(29)16-27(35(3,33)34)20-7-6-8-21(14-20)28(31)32/h6-12,14,17H,4-5,13,15-16H2,1-3H3,(H,25,30)/t17-/m0/s1. The largest absolute Gasteiger partial charge is 0.354 e. The summed E-state index contributed by atoms with van der Waals surface area (Å²) in [5, 5.41) is 14.0. The average Bonchev–Trinajstić information content (AvgIpc) is 2.81. The minimum absolute atomic E-state index is 0.0151. The van der Waals surface area contributed by atoms with Crippen molar-refractivity contribution in [3.8, 4) is 0 Å². The number of carbonyl (C=O) groups excluding carboxylic acids is 2. The summed E-state index contributed by atoms with van der Waals surface area (Å²) in [6, 6.07) is 11.4. The first-order valence-corrected chi connectivity index (χ1v) is 13.6. The first-order chi connectivity index (χ1) is 16.4. The van der Waals surface area contributed by atoms with Crippen molar-refractivity contribution in [1.29, 1.82) is 0 Å². The number of rotatable bonds is 12. The number of carbonyl (C=O) groups is 2. The molecule has 0 fully saturated rings. The Hall–Kier alpha value is -2.99. The zero-order chi connectivity index (χ0) is 26.2. The zero-order valence-electron chi connectivity index (χ0n) is 19.8. The van der Waals surface area contributed by atoms with Crippen LogP contribution in [0.25, 0.3) is 0 Å². The fourth-order valence-electron chi connectivity index (χ4n) is 3.28. The first-order valence-electron chi connectivity index (χ1n) is 11.0. The van der Waals surface area contributed by atoms with E-state index in [0.29, 0.717) is 6.54 Å². The third kappa shape index (κ3) is 8.32. The Morgan fingerprint density at radius 2 is 1.83 bits per heavy atom. The van der Waals surface area contributed by atoms with Crippen LogP contribution in [0.1, 0.15) is 32.3 Å². The van der Waals surface area contributed by atoms with Gasteiger partial charge in [0, 0.05) is 29.7 Å². The topological polar surface area (TPSA) is 130 Å². The third-order valence-electron chi connectivity index (χ3n) is 5.27. The van der Waals surface area contributed by atoms with Gasteiger partial charge in [0.05, 0.1) is 16.9 Å². The smallest absolute Gasteiger partial charge is 0.271 e.